The van der Waals surface area contributed by atoms with E-state index in [9.17, 15) is 4.79 Å². The highest BCUT2D eigenvalue weighted by Crippen LogP contribution is 2.58. The Morgan fingerprint density at radius 3 is 2.42 bits per heavy atom. The van der Waals surface area contributed by atoms with Crippen molar-refractivity contribution in [3.63, 3.8) is 0 Å². The summed E-state index contributed by atoms with van der Waals surface area (Å²) in [5.74, 6) is 2.41. The number of carbonyl (C=O) groups excluding carboxylic acids is 1. The van der Waals surface area contributed by atoms with E-state index in [1.165, 1.54) is 51.4 Å². The van der Waals surface area contributed by atoms with Crippen molar-refractivity contribution in [1.29, 1.82) is 0 Å². The number of amides is 1. The lowest BCUT2D eigenvalue weighted by molar-refractivity contribution is -0.125. The highest BCUT2D eigenvalue weighted by Gasteiger charge is 2.58. The molecule has 0 radical (unpaired) electrons. The predicted octanol–water partition coefficient (Wildman–Crippen LogP) is 7.04. The number of fused-ring (bicyclic) bond motifs is 6. The van der Waals surface area contributed by atoms with Crippen molar-refractivity contribution in [1.82, 2.24) is 0 Å². The summed E-state index contributed by atoms with van der Waals surface area (Å²) in [5.41, 5.74) is 3.09. The highest BCUT2D eigenvalue weighted by molar-refractivity contribution is 8.01. The van der Waals surface area contributed by atoms with Crippen molar-refractivity contribution >= 4 is 23.4 Å². The largest absolute Gasteiger partial charge is 0.493 e. The molecule has 2 aromatic rings. The average molecular weight is 510 g/mol. The Hall–Kier alpha value is -2.18. The summed E-state index contributed by atoms with van der Waals surface area (Å²) in [6.07, 6.45) is 11.8. The number of benzene rings is 2. The van der Waals surface area contributed by atoms with E-state index < -0.39 is 4.75 Å². The van der Waals surface area contributed by atoms with Crippen LogP contribution in [0.1, 0.15) is 81.4 Å². The number of anilines is 1. The molecular weight excluding hydrogens is 470 g/mol. The normalized spacial score (nSPS) is 25.9. The fourth-order valence-corrected chi connectivity index (χ4v) is 7.31. The van der Waals surface area contributed by atoms with Crippen LogP contribution in [0.25, 0.3) is 0 Å². The van der Waals surface area contributed by atoms with Gasteiger partial charge in [0.05, 0.1) is 20.3 Å². The van der Waals surface area contributed by atoms with Crippen LogP contribution in [0.2, 0.25) is 0 Å². The van der Waals surface area contributed by atoms with Crippen molar-refractivity contribution in [3.05, 3.63) is 53.6 Å². The molecule has 0 saturated carbocycles. The molecular formula is C30H39NO4S. The maximum atomic E-state index is 14.3. The summed E-state index contributed by atoms with van der Waals surface area (Å²) >= 11 is 1.74. The summed E-state index contributed by atoms with van der Waals surface area (Å²) in [5, 5.41) is 0. The van der Waals surface area contributed by atoms with Crippen LogP contribution in [0.4, 0.5) is 5.69 Å². The fourth-order valence-electron chi connectivity index (χ4n) is 5.89. The van der Waals surface area contributed by atoms with Gasteiger partial charge in [0.15, 0.2) is 16.2 Å². The first-order valence-electron chi connectivity index (χ1n) is 13.7. The summed E-state index contributed by atoms with van der Waals surface area (Å²) in [6, 6.07) is 14.3. The van der Waals surface area contributed by atoms with Gasteiger partial charge in [0.25, 0.3) is 5.91 Å². The number of hydrogen-bond donors (Lipinski definition) is 0. The van der Waals surface area contributed by atoms with Crippen LogP contribution in [-0.4, -0.2) is 38.5 Å². The lowest BCUT2D eigenvalue weighted by Crippen LogP contribution is -2.46. The Kier molecular flexibility index (Phi) is 8.43. The number of methoxy groups -OCH3 is 1. The molecule has 194 valence electrons. The summed E-state index contributed by atoms with van der Waals surface area (Å²) < 4.78 is 17.5. The van der Waals surface area contributed by atoms with Crippen molar-refractivity contribution < 1.29 is 19.0 Å². The van der Waals surface area contributed by atoms with Crippen LogP contribution in [0, 0.1) is 0 Å². The van der Waals surface area contributed by atoms with Crippen LogP contribution < -0.4 is 14.4 Å². The van der Waals surface area contributed by atoms with Gasteiger partial charge in [-0.25, -0.2) is 0 Å². The van der Waals surface area contributed by atoms with Crippen LogP contribution in [0.5, 0.6) is 11.5 Å². The molecule has 3 heterocycles. The molecule has 1 saturated heterocycles. The van der Waals surface area contributed by atoms with Gasteiger partial charge in [-0.15, -0.1) is 11.8 Å². The van der Waals surface area contributed by atoms with Crippen LogP contribution in [0.3, 0.4) is 0 Å². The summed E-state index contributed by atoms with van der Waals surface area (Å²) in [7, 11) is 1.68. The molecule has 1 amide bonds. The first-order chi connectivity index (χ1) is 17.8. The Morgan fingerprint density at radius 1 is 0.917 bits per heavy atom. The van der Waals surface area contributed by atoms with Gasteiger partial charge in [0.2, 0.25) is 0 Å². The third kappa shape index (κ3) is 4.99. The average Bonchev–Trinajstić information content (AvgIpc) is 3.14. The van der Waals surface area contributed by atoms with E-state index >= 15 is 0 Å². The highest BCUT2D eigenvalue weighted by atomic mass is 32.2. The van der Waals surface area contributed by atoms with E-state index in [2.05, 4.69) is 12.1 Å². The molecule has 1 spiro atoms. The maximum absolute atomic E-state index is 14.3. The number of rotatable bonds is 1. The smallest absolute Gasteiger partial charge is 0.250 e. The van der Waals surface area contributed by atoms with Crippen LogP contribution in [0.15, 0.2) is 42.5 Å². The maximum Gasteiger partial charge on any atom is 0.250 e. The van der Waals surface area contributed by atoms with Crippen molar-refractivity contribution in [3.8, 4) is 11.5 Å². The lowest BCUT2D eigenvalue weighted by Gasteiger charge is -2.40. The molecule has 4 bridgehead atoms. The standard InChI is InChI=1S/C30H39NO4S/c1-33-26-17-16-23-22-27(26)34-19-13-9-7-5-3-2-4-6-8-12-18-31-25-15-11-10-14-24(25)30(29(31)32)28(23)35-20-21-36-30/h10-11,14-17,22,28H,2-9,12-13,18-21H2,1H3/t28-,30-/m1/s1. The van der Waals surface area contributed by atoms with E-state index in [1.54, 1.807) is 18.9 Å². The molecule has 3 aliphatic heterocycles. The molecule has 0 aromatic heterocycles. The van der Waals surface area contributed by atoms with Crippen molar-refractivity contribution in [2.75, 3.05) is 37.5 Å². The Labute approximate surface area is 219 Å². The fraction of sp³-hybridized carbons (Fsp3) is 0.567. The molecule has 36 heavy (non-hydrogen) atoms. The summed E-state index contributed by atoms with van der Waals surface area (Å²) in [6.45, 7) is 2.05. The van der Waals surface area contributed by atoms with E-state index in [4.69, 9.17) is 14.2 Å². The van der Waals surface area contributed by atoms with Crippen LogP contribution >= 0.6 is 11.8 Å². The molecule has 6 heteroatoms. The lowest BCUT2D eigenvalue weighted by atomic mass is 9.88. The first kappa shape index (κ1) is 25.5. The molecule has 2 atom stereocenters. The minimum absolute atomic E-state index is 0.158. The Bertz CT molecular complexity index is 1040. The quantitative estimate of drug-likeness (QED) is 0.413. The van der Waals surface area contributed by atoms with Gasteiger partial charge in [0.1, 0.15) is 6.10 Å². The summed E-state index contributed by atoms with van der Waals surface area (Å²) in [4.78, 5) is 16.3. The number of thioether (sulfide) groups is 1. The number of hydrogen-bond acceptors (Lipinski definition) is 5. The molecule has 5 nitrogen and oxygen atoms in total. The Morgan fingerprint density at radius 2 is 1.64 bits per heavy atom. The third-order valence-corrected chi connectivity index (χ3v) is 9.18. The minimum atomic E-state index is -0.776. The zero-order valence-corrected chi connectivity index (χ0v) is 22.3. The number of ether oxygens (including phenoxy) is 3. The van der Waals surface area contributed by atoms with E-state index in [0.717, 1.165) is 53.5 Å². The van der Waals surface area contributed by atoms with Gasteiger partial charge in [0, 0.05) is 23.5 Å². The van der Waals surface area contributed by atoms with Gasteiger partial charge in [-0.3, -0.25) is 4.79 Å². The molecule has 3 aliphatic rings. The topological polar surface area (TPSA) is 48.0 Å². The van der Waals surface area contributed by atoms with Crippen LogP contribution in [-0.2, 0) is 14.3 Å². The van der Waals surface area contributed by atoms with E-state index in [0.29, 0.717) is 13.2 Å². The zero-order valence-electron chi connectivity index (χ0n) is 21.5. The molecule has 1 fully saturated rings. The number of para-hydroxylation sites is 1. The minimum Gasteiger partial charge on any atom is -0.493 e. The molecule has 0 unspecified atom stereocenters. The van der Waals surface area contributed by atoms with Gasteiger partial charge >= 0.3 is 0 Å². The SMILES string of the molecule is COc1ccc2cc1OCCCCCCCCCCCCN1C(=O)[C@@]3(SCCO[C@H]23)c2ccccc21. The zero-order chi connectivity index (χ0) is 24.8. The first-order valence-corrected chi connectivity index (χ1v) is 14.7. The molecule has 2 aromatic carbocycles. The molecule has 0 N–H and O–H groups in total. The molecule has 5 rings (SSSR count). The predicted molar refractivity (Wildman–Crippen MR) is 146 cm³/mol. The van der Waals surface area contributed by atoms with Gasteiger partial charge in [-0.1, -0.05) is 75.6 Å². The van der Waals surface area contributed by atoms with Gasteiger partial charge in [-0.05, 0) is 36.6 Å². The molecule has 0 aliphatic carbocycles. The van der Waals surface area contributed by atoms with E-state index in [-0.39, 0.29) is 12.0 Å². The second-order valence-electron chi connectivity index (χ2n) is 10.1. The van der Waals surface area contributed by atoms with Crippen molar-refractivity contribution in [2.45, 2.75) is 75.1 Å². The second-order valence-corrected chi connectivity index (χ2v) is 11.4. The Balaban J connectivity index is 1.51. The van der Waals surface area contributed by atoms with E-state index in [1.807, 2.05) is 35.2 Å². The number of carbonyl (C=O) groups is 1. The van der Waals surface area contributed by atoms with Gasteiger partial charge < -0.3 is 19.1 Å². The second kappa shape index (κ2) is 11.9. The monoisotopic (exact) mass is 509 g/mol. The number of nitrogens with zero attached hydrogens (tertiary/aromatic N) is 1. The van der Waals surface area contributed by atoms with Crippen molar-refractivity contribution in [2.24, 2.45) is 0 Å². The third-order valence-electron chi connectivity index (χ3n) is 7.75. The van der Waals surface area contributed by atoms with Gasteiger partial charge in [-0.2, -0.15) is 0 Å².